The van der Waals surface area contributed by atoms with Crippen LogP contribution in [0.2, 0.25) is 0 Å². The molecule has 0 radical (unpaired) electrons. The number of aliphatic carboxylic acids is 1. The predicted molar refractivity (Wildman–Crippen MR) is 68.7 cm³/mol. The fourth-order valence-electron chi connectivity index (χ4n) is 2.84. The summed E-state index contributed by atoms with van der Waals surface area (Å²) >= 11 is 0. The van der Waals surface area contributed by atoms with Crippen molar-refractivity contribution in [3.05, 3.63) is 30.1 Å². The number of carboxylic acid groups (broad SMARTS) is 1. The lowest BCUT2D eigenvalue weighted by Crippen LogP contribution is -2.21. The minimum atomic E-state index is -0.775. The van der Waals surface area contributed by atoms with E-state index in [0.29, 0.717) is 6.54 Å². The van der Waals surface area contributed by atoms with Crippen LogP contribution in [0.3, 0.4) is 0 Å². The van der Waals surface area contributed by atoms with Crippen molar-refractivity contribution in [3.8, 4) is 0 Å². The topological polar surface area (TPSA) is 111 Å². The summed E-state index contributed by atoms with van der Waals surface area (Å²) in [6, 6.07) is 0. The van der Waals surface area contributed by atoms with Crippen molar-refractivity contribution in [2.75, 3.05) is 13.1 Å². The number of imidazole rings is 1. The lowest BCUT2D eigenvalue weighted by molar-refractivity contribution is -0.138. The van der Waals surface area contributed by atoms with Crippen molar-refractivity contribution in [3.63, 3.8) is 0 Å². The molecule has 0 unspecified atom stereocenters. The number of likely N-dealkylation sites (tertiary alicyclic amines) is 1. The fraction of sp³-hybridized carbons (Fsp3) is 0.500. The number of carboxylic acids is 1. The molecular weight excluding hydrogens is 260 g/mol. The highest BCUT2D eigenvalue weighted by molar-refractivity contribution is 5.67. The molecule has 1 saturated heterocycles. The van der Waals surface area contributed by atoms with E-state index in [2.05, 4.69) is 30.3 Å². The molecule has 0 amide bonds. The number of hydrogen-bond acceptors (Lipinski definition) is 5. The molecular formula is C12H16N6O2. The number of nitrogens with zero attached hydrogens (tertiary/aromatic N) is 4. The minimum Gasteiger partial charge on any atom is -0.481 e. The Balaban J connectivity index is 1.72. The third-order valence-electron chi connectivity index (χ3n) is 3.70. The van der Waals surface area contributed by atoms with E-state index >= 15 is 0 Å². The SMILES string of the molecule is O=C(O)C[C@@H]1CN(Cc2ncc[nH]2)C[C@@H]1c1cn[nH]n1. The lowest BCUT2D eigenvalue weighted by atomic mass is 9.91. The van der Waals surface area contributed by atoms with Gasteiger partial charge < -0.3 is 10.1 Å². The van der Waals surface area contributed by atoms with Gasteiger partial charge in [-0.05, 0) is 5.92 Å². The van der Waals surface area contributed by atoms with Crippen molar-refractivity contribution in [2.45, 2.75) is 18.9 Å². The first-order valence-electron chi connectivity index (χ1n) is 6.50. The number of hydrogen-bond donors (Lipinski definition) is 3. The van der Waals surface area contributed by atoms with Crippen LogP contribution in [0, 0.1) is 5.92 Å². The summed E-state index contributed by atoms with van der Waals surface area (Å²) in [4.78, 5) is 20.5. The first kappa shape index (κ1) is 12.8. The number of H-pyrrole nitrogens is 2. The fourth-order valence-corrected chi connectivity index (χ4v) is 2.84. The van der Waals surface area contributed by atoms with Gasteiger partial charge in [0.05, 0.1) is 24.9 Å². The second kappa shape index (κ2) is 5.41. The zero-order valence-corrected chi connectivity index (χ0v) is 10.9. The molecule has 8 heteroatoms. The molecule has 1 aliphatic rings. The molecule has 0 bridgehead atoms. The predicted octanol–water partition coefficient (Wildman–Crippen LogP) is 0.218. The average molecular weight is 276 g/mol. The Labute approximate surface area is 115 Å². The second-order valence-electron chi connectivity index (χ2n) is 5.09. The number of carbonyl (C=O) groups is 1. The van der Waals surface area contributed by atoms with E-state index in [1.54, 1.807) is 18.6 Å². The van der Waals surface area contributed by atoms with Gasteiger partial charge in [-0.15, -0.1) is 0 Å². The van der Waals surface area contributed by atoms with Gasteiger partial charge in [-0.2, -0.15) is 15.4 Å². The Bertz CT molecular complexity index is 553. The Hall–Kier alpha value is -2.22. The Morgan fingerprint density at radius 1 is 1.50 bits per heavy atom. The molecule has 0 spiro atoms. The second-order valence-corrected chi connectivity index (χ2v) is 5.09. The number of rotatable bonds is 5. The number of aromatic amines is 2. The summed E-state index contributed by atoms with van der Waals surface area (Å²) in [7, 11) is 0. The van der Waals surface area contributed by atoms with Crippen molar-refractivity contribution < 1.29 is 9.90 Å². The van der Waals surface area contributed by atoms with Crippen LogP contribution in [0.15, 0.2) is 18.6 Å². The zero-order chi connectivity index (χ0) is 13.9. The smallest absolute Gasteiger partial charge is 0.303 e. The third-order valence-corrected chi connectivity index (χ3v) is 3.70. The highest BCUT2D eigenvalue weighted by Crippen LogP contribution is 2.33. The van der Waals surface area contributed by atoms with Gasteiger partial charge in [0, 0.05) is 31.4 Å². The molecule has 0 aliphatic carbocycles. The van der Waals surface area contributed by atoms with E-state index in [0.717, 1.165) is 24.6 Å². The molecule has 3 N–H and O–H groups in total. The molecule has 0 saturated carbocycles. The van der Waals surface area contributed by atoms with E-state index in [4.69, 9.17) is 5.11 Å². The quantitative estimate of drug-likeness (QED) is 0.720. The maximum absolute atomic E-state index is 11.0. The average Bonchev–Trinajstić information content (AvgIpc) is 3.10. The van der Waals surface area contributed by atoms with Crippen LogP contribution in [0.25, 0.3) is 0 Å². The summed E-state index contributed by atoms with van der Waals surface area (Å²) in [6.45, 7) is 2.19. The number of aromatic nitrogens is 5. The van der Waals surface area contributed by atoms with E-state index in [1.807, 2.05) is 0 Å². The molecule has 1 fully saturated rings. The van der Waals surface area contributed by atoms with Crippen molar-refractivity contribution in [1.82, 2.24) is 30.3 Å². The highest BCUT2D eigenvalue weighted by atomic mass is 16.4. The minimum absolute atomic E-state index is 0.0487. The molecule has 2 atom stereocenters. The summed E-state index contributed by atoms with van der Waals surface area (Å²) < 4.78 is 0. The van der Waals surface area contributed by atoms with Crippen molar-refractivity contribution in [1.29, 1.82) is 0 Å². The Morgan fingerprint density at radius 3 is 3.05 bits per heavy atom. The van der Waals surface area contributed by atoms with Gasteiger partial charge in [0.2, 0.25) is 0 Å². The molecule has 3 rings (SSSR count). The monoisotopic (exact) mass is 276 g/mol. The van der Waals surface area contributed by atoms with Gasteiger partial charge in [0.15, 0.2) is 0 Å². The lowest BCUT2D eigenvalue weighted by Gasteiger charge is -2.13. The summed E-state index contributed by atoms with van der Waals surface area (Å²) in [5, 5.41) is 19.6. The maximum atomic E-state index is 11.0. The molecule has 20 heavy (non-hydrogen) atoms. The van der Waals surface area contributed by atoms with Crippen molar-refractivity contribution in [2.24, 2.45) is 5.92 Å². The zero-order valence-electron chi connectivity index (χ0n) is 10.9. The standard InChI is InChI=1S/C12H16N6O2/c19-12(20)3-8-5-18(7-11-13-1-2-14-11)6-9(8)10-4-15-17-16-10/h1-2,4,8-9H,3,5-7H2,(H,13,14)(H,19,20)(H,15,16,17)/t8-,9+/m1/s1. The molecule has 8 nitrogen and oxygen atoms in total. The largest absolute Gasteiger partial charge is 0.481 e. The molecule has 3 heterocycles. The van der Waals surface area contributed by atoms with E-state index in [9.17, 15) is 4.79 Å². The normalized spacial score (nSPS) is 23.2. The first-order valence-corrected chi connectivity index (χ1v) is 6.50. The number of nitrogens with one attached hydrogen (secondary N) is 2. The maximum Gasteiger partial charge on any atom is 0.303 e. The summed E-state index contributed by atoms with van der Waals surface area (Å²) in [5.41, 5.74) is 0.832. The van der Waals surface area contributed by atoms with Gasteiger partial charge in [-0.3, -0.25) is 9.69 Å². The van der Waals surface area contributed by atoms with E-state index in [1.165, 1.54) is 0 Å². The summed E-state index contributed by atoms with van der Waals surface area (Å²) in [5.74, 6) is 0.260. The Morgan fingerprint density at radius 2 is 2.40 bits per heavy atom. The van der Waals surface area contributed by atoms with Gasteiger partial charge in [-0.25, -0.2) is 4.98 Å². The Kier molecular flexibility index (Phi) is 3.46. The van der Waals surface area contributed by atoms with Crippen LogP contribution in [0.5, 0.6) is 0 Å². The van der Waals surface area contributed by atoms with Gasteiger partial charge in [0.25, 0.3) is 0 Å². The van der Waals surface area contributed by atoms with Gasteiger partial charge >= 0.3 is 5.97 Å². The van der Waals surface area contributed by atoms with Crippen LogP contribution < -0.4 is 0 Å². The van der Waals surface area contributed by atoms with E-state index < -0.39 is 5.97 Å². The molecule has 0 aromatic carbocycles. The summed E-state index contributed by atoms with van der Waals surface area (Å²) in [6.07, 6.45) is 5.33. The van der Waals surface area contributed by atoms with Gasteiger partial charge in [-0.1, -0.05) is 0 Å². The van der Waals surface area contributed by atoms with Crippen LogP contribution in [0.1, 0.15) is 23.9 Å². The highest BCUT2D eigenvalue weighted by Gasteiger charge is 2.36. The van der Waals surface area contributed by atoms with Crippen LogP contribution >= 0.6 is 0 Å². The molecule has 2 aromatic heterocycles. The van der Waals surface area contributed by atoms with Crippen LogP contribution in [-0.2, 0) is 11.3 Å². The van der Waals surface area contributed by atoms with E-state index in [-0.39, 0.29) is 18.3 Å². The first-order chi connectivity index (χ1) is 9.72. The van der Waals surface area contributed by atoms with Crippen LogP contribution in [0.4, 0.5) is 0 Å². The molecule has 1 aliphatic heterocycles. The third kappa shape index (κ3) is 2.69. The van der Waals surface area contributed by atoms with Crippen LogP contribution in [-0.4, -0.2) is 54.4 Å². The van der Waals surface area contributed by atoms with Gasteiger partial charge in [0.1, 0.15) is 5.82 Å². The molecule has 2 aromatic rings. The molecule has 106 valence electrons. The van der Waals surface area contributed by atoms with Crippen molar-refractivity contribution >= 4 is 5.97 Å².